The first kappa shape index (κ1) is 12.2. The molecule has 1 aromatic rings. The molecule has 0 unspecified atom stereocenters. The van der Waals surface area contributed by atoms with E-state index in [0.29, 0.717) is 6.04 Å². The van der Waals surface area contributed by atoms with Crippen LogP contribution in [0.4, 0.5) is 11.5 Å². The van der Waals surface area contributed by atoms with Crippen LogP contribution in [0.3, 0.4) is 0 Å². The van der Waals surface area contributed by atoms with Gasteiger partial charge in [-0.3, -0.25) is 10.1 Å². The molecular weight excluding hydrogens is 238 g/mol. The van der Waals surface area contributed by atoms with E-state index in [9.17, 15) is 10.1 Å². The summed E-state index contributed by atoms with van der Waals surface area (Å²) < 4.78 is 0. The molecule has 0 radical (unpaired) electrons. The number of anilines is 1. The van der Waals surface area contributed by atoms with Gasteiger partial charge in [-0.2, -0.15) is 11.8 Å². The zero-order valence-corrected chi connectivity index (χ0v) is 10.5. The Kier molecular flexibility index (Phi) is 3.83. The summed E-state index contributed by atoms with van der Waals surface area (Å²) in [5, 5.41) is 14.0. The molecule has 1 aliphatic rings. The lowest BCUT2D eigenvalue weighted by atomic mass is 10.1. The summed E-state index contributed by atoms with van der Waals surface area (Å²) in [6, 6.07) is 2.01. The van der Waals surface area contributed by atoms with Crippen LogP contribution < -0.4 is 5.32 Å². The molecular formula is C11H15N3O2S. The number of nitro groups is 1. The summed E-state index contributed by atoms with van der Waals surface area (Å²) in [5.41, 5.74) is 0.879. The molecule has 5 nitrogen and oxygen atoms in total. The van der Waals surface area contributed by atoms with Crippen molar-refractivity contribution < 1.29 is 4.92 Å². The van der Waals surface area contributed by atoms with Crippen LogP contribution in [0.15, 0.2) is 12.3 Å². The zero-order valence-electron chi connectivity index (χ0n) is 9.68. The minimum Gasteiger partial charge on any atom is -0.367 e. The van der Waals surface area contributed by atoms with Crippen molar-refractivity contribution in [1.82, 2.24) is 4.98 Å². The summed E-state index contributed by atoms with van der Waals surface area (Å²) in [5.74, 6) is 3.11. The Balaban J connectivity index is 2.08. The highest BCUT2D eigenvalue weighted by Gasteiger charge is 2.16. The highest BCUT2D eigenvalue weighted by molar-refractivity contribution is 7.99. The molecule has 1 fully saturated rings. The molecule has 0 bridgehead atoms. The van der Waals surface area contributed by atoms with Crippen molar-refractivity contribution in [3.05, 3.63) is 27.9 Å². The molecule has 0 saturated carbocycles. The van der Waals surface area contributed by atoms with E-state index < -0.39 is 4.92 Å². The molecule has 0 atom stereocenters. The summed E-state index contributed by atoms with van der Waals surface area (Å²) in [4.78, 5) is 14.3. The van der Waals surface area contributed by atoms with Crippen molar-refractivity contribution >= 4 is 23.3 Å². The molecule has 1 aromatic heterocycles. The predicted octanol–water partition coefficient (Wildman–Crippen LogP) is 2.61. The second-order valence-electron chi connectivity index (χ2n) is 4.15. The normalized spacial score (nSPS) is 16.8. The third-order valence-electron chi connectivity index (χ3n) is 2.84. The van der Waals surface area contributed by atoms with Gasteiger partial charge in [0.05, 0.1) is 4.92 Å². The largest absolute Gasteiger partial charge is 0.367 e. The van der Waals surface area contributed by atoms with Crippen molar-refractivity contribution in [3.8, 4) is 0 Å². The average Bonchev–Trinajstić information content (AvgIpc) is 2.33. The van der Waals surface area contributed by atoms with Gasteiger partial charge >= 0.3 is 0 Å². The Hall–Kier alpha value is -1.30. The van der Waals surface area contributed by atoms with Gasteiger partial charge in [-0.25, -0.2) is 4.98 Å². The lowest BCUT2D eigenvalue weighted by molar-refractivity contribution is -0.385. The lowest BCUT2D eigenvalue weighted by Gasteiger charge is -2.23. The Labute approximate surface area is 104 Å². The van der Waals surface area contributed by atoms with Crippen LogP contribution in [0.2, 0.25) is 0 Å². The summed E-state index contributed by atoms with van der Waals surface area (Å²) in [6.45, 7) is 1.85. The van der Waals surface area contributed by atoms with Crippen LogP contribution in [-0.2, 0) is 0 Å². The van der Waals surface area contributed by atoms with Gasteiger partial charge in [-0.1, -0.05) is 0 Å². The molecule has 1 aliphatic heterocycles. The van der Waals surface area contributed by atoms with E-state index in [1.807, 2.05) is 18.7 Å². The molecule has 2 rings (SSSR count). The van der Waals surface area contributed by atoms with Crippen molar-refractivity contribution in [3.63, 3.8) is 0 Å². The summed E-state index contributed by atoms with van der Waals surface area (Å²) >= 11 is 1.97. The lowest BCUT2D eigenvalue weighted by Crippen LogP contribution is -2.25. The maximum Gasteiger partial charge on any atom is 0.287 e. The van der Waals surface area contributed by atoms with Crippen LogP contribution in [0, 0.1) is 17.0 Å². The maximum atomic E-state index is 10.6. The fourth-order valence-corrected chi connectivity index (χ4v) is 2.95. The van der Waals surface area contributed by atoms with E-state index in [1.54, 1.807) is 6.07 Å². The number of nitrogens with zero attached hydrogens (tertiary/aromatic N) is 2. The molecule has 2 heterocycles. The fraction of sp³-hybridized carbons (Fsp3) is 0.545. The Morgan fingerprint density at radius 3 is 2.82 bits per heavy atom. The Morgan fingerprint density at radius 2 is 2.24 bits per heavy atom. The molecule has 17 heavy (non-hydrogen) atoms. The zero-order chi connectivity index (χ0) is 12.3. The minimum absolute atomic E-state index is 0.0484. The van der Waals surface area contributed by atoms with Gasteiger partial charge in [-0.15, -0.1) is 0 Å². The van der Waals surface area contributed by atoms with Crippen molar-refractivity contribution in [2.75, 3.05) is 16.8 Å². The fourth-order valence-electron chi connectivity index (χ4n) is 1.85. The van der Waals surface area contributed by atoms with Crippen LogP contribution >= 0.6 is 11.8 Å². The topological polar surface area (TPSA) is 68.1 Å². The van der Waals surface area contributed by atoms with Gasteiger partial charge in [0.25, 0.3) is 5.69 Å². The molecule has 1 N–H and O–H groups in total. The van der Waals surface area contributed by atoms with Crippen LogP contribution in [0.25, 0.3) is 0 Å². The third-order valence-corrected chi connectivity index (χ3v) is 3.89. The number of hydrogen-bond acceptors (Lipinski definition) is 5. The van der Waals surface area contributed by atoms with Crippen LogP contribution in [0.1, 0.15) is 18.4 Å². The summed E-state index contributed by atoms with van der Waals surface area (Å²) in [7, 11) is 0. The van der Waals surface area contributed by atoms with Gasteiger partial charge < -0.3 is 5.32 Å². The van der Waals surface area contributed by atoms with E-state index >= 15 is 0 Å². The molecule has 0 aromatic carbocycles. The van der Waals surface area contributed by atoms with Crippen LogP contribution in [-0.4, -0.2) is 27.5 Å². The second kappa shape index (κ2) is 5.35. The van der Waals surface area contributed by atoms with Gasteiger partial charge in [-0.05, 0) is 36.8 Å². The Morgan fingerprint density at radius 1 is 1.53 bits per heavy atom. The molecule has 6 heteroatoms. The molecule has 0 aliphatic carbocycles. The van der Waals surface area contributed by atoms with Gasteiger partial charge in [0.15, 0.2) is 0 Å². The SMILES string of the molecule is Cc1cc([N+](=O)[O-])cnc1NC1CCSCC1. The number of thioether (sulfide) groups is 1. The highest BCUT2D eigenvalue weighted by atomic mass is 32.2. The molecule has 0 spiro atoms. The standard InChI is InChI=1S/C11H15N3O2S/c1-8-6-10(14(15)16)7-12-11(8)13-9-2-4-17-5-3-9/h6-7,9H,2-5H2,1H3,(H,12,13). The second-order valence-corrected chi connectivity index (χ2v) is 5.37. The van der Waals surface area contributed by atoms with E-state index in [4.69, 9.17) is 0 Å². The smallest absolute Gasteiger partial charge is 0.287 e. The first-order valence-corrected chi connectivity index (χ1v) is 6.77. The molecule has 0 amide bonds. The monoisotopic (exact) mass is 253 g/mol. The number of rotatable bonds is 3. The van der Waals surface area contributed by atoms with E-state index in [1.165, 1.54) is 17.7 Å². The molecule has 1 saturated heterocycles. The van der Waals surface area contributed by atoms with Crippen molar-refractivity contribution in [2.24, 2.45) is 0 Å². The van der Waals surface area contributed by atoms with Gasteiger partial charge in [0, 0.05) is 12.1 Å². The maximum absolute atomic E-state index is 10.6. The molecule has 92 valence electrons. The van der Waals surface area contributed by atoms with Crippen molar-refractivity contribution in [1.29, 1.82) is 0 Å². The van der Waals surface area contributed by atoms with Gasteiger partial charge in [0.1, 0.15) is 12.0 Å². The number of aryl methyl sites for hydroxylation is 1. The minimum atomic E-state index is -0.416. The van der Waals surface area contributed by atoms with Crippen LogP contribution in [0.5, 0.6) is 0 Å². The first-order valence-electron chi connectivity index (χ1n) is 5.62. The van der Waals surface area contributed by atoms with E-state index in [0.717, 1.165) is 24.2 Å². The Bertz CT molecular complexity index is 419. The van der Waals surface area contributed by atoms with E-state index in [-0.39, 0.29) is 5.69 Å². The number of hydrogen-bond donors (Lipinski definition) is 1. The third kappa shape index (κ3) is 3.09. The van der Waals surface area contributed by atoms with Crippen molar-refractivity contribution in [2.45, 2.75) is 25.8 Å². The van der Waals surface area contributed by atoms with E-state index in [2.05, 4.69) is 10.3 Å². The predicted molar refractivity (Wildman–Crippen MR) is 69.6 cm³/mol. The first-order chi connectivity index (χ1) is 8.16. The number of nitrogens with one attached hydrogen (secondary N) is 1. The quantitative estimate of drug-likeness (QED) is 0.662. The average molecular weight is 253 g/mol. The number of pyridine rings is 1. The number of aromatic nitrogens is 1. The highest BCUT2D eigenvalue weighted by Crippen LogP contribution is 2.23. The van der Waals surface area contributed by atoms with Gasteiger partial charge in [0.2, 0.25) is 0 Å². The summed E-state index contributed by atoms with van der Waals surface area (Å²) in [6.07, 6.45) is 3.57.